The largest absolute Gasteiger partial charge is 0.481 e. The highest BCUT2D eigenvalue weighted by Crippen LogP contribution is 2.67. The lowest BCUT2D eigenvalue weighted by Gasteiger charge is -2.13. The highest BCUT2D eigenvalue weighted by Gasteiger charge is 2.72. The van der Waals surface area contributed by atoms with E-state index in [9.17, 15) is 4.79 Å². The summed E-state index contributed by atoms with van der Waals surface area (Å²) in [4.78, 5) is 10.9. The lowest BCUT2D eigenvalue weighted by molar-refractivity contribution is -0.144. The third kappa shape index (κ3) is 0.716. The first kappa shape index (κ1) is 8.01. The second-order valence-corrected chi connectivity index (χ2v) is 3.85. The lowest BCUT2D eigenvalue weighted by Crippen LogP contribution is -2.31. The van der Waals surface area contributed by atoms with E-state index in [-0.39, 0.29) is 12.0 Å². The number of nitrogens with two attached hydrogens (primary N) is 1. The Morgan fingerprint density at radius 1 is 1.67 bits per heavy atom. The molecule has 4 nitrogen and oxygen atoms in total. The first-order chi connectivity index (χ1) is 5.67. The van der Waals surface area contributed by atoms with Crippen LogP contribution in [0.4, 0.5) is 0 Å². The minimum Gasteiger partial charge on any atom is -0.481 e. The number of ether oxygens (including phenoxy) is 1. The van der Waals surface area contributed by atoms with Crippen LogP contribution in [-0.4, -0.2) is 30.8 Å². The van der Waals surface area contributed by atoms with E-state index in [1.54, 1.807) is 0 Å². The van der Waals surface area contributed by atoms with Crippen LogP contribution in [0.1, 0.15) is 12.8 Å². The highest BCUT2D eigenvalue weighted by atomic mass is 16.5. The number of hydrogen-bond donors (Lipinski definition) is 2. The van der Waals surface area contributed by atoms with Gasteiger partial charge in [-0.05, 0) is 12.8 Å². The molecule has 0 amide bonds. The van der Waals surface area contributed by atoms with Crippen molar-refractivity contribution in [3.8, 4) is 0 Å². The van der Waals surface area contributed by atoms with Crippen molar-refractivity contribution in [2.75, 3.05) is 19.8 Å². The van der Waals surface area contributed by atoms with Crippen molar-refractivity contribution in [2.45, 2.75) is 12.8 Å². The standard InChI is InChI=1S/C8H13NO3/c9-4-8(6(10)11)3-7(8)1-2-12-5-7/h1-5,9H2,(H,10,11)/t7-,8-/m1/s1. The van der Waals surface area contributed by atoms with E-state index in [0.29, 0.717) is 19.6 Å². The van der Waals surface area contributed by atoms with Crippen molar-refractivity contribution in [1.29, 1.82) is 0 Å². The molecule has 1 aliphatic heterocycles. The summed E-state index contributed by atoms with van der Waals surface area (Å²) < 4.78 is 5.21. The van der Waals surface area contributed by atoms with Gasteiger partial charge in [0.15, 0.2) is 0 Å². The number of rotatable bonds is 2. The molecule has 3 N–H and O–H groups in total. The van der Waals surface area contributed by atoms with Gasteiger partial charge in [-0.3, -0.25) is 4.79 Å². The first-order valence-corrected chi connectivity index (χ1v) is 4.18. The SMILES string of the molecule is NC[C@@]1(C(=O)O)C[C@@]12CCOC2. The molecule has 2 fully saturated rings. The molecule has 12 heavy (non-hydrogen) atoms. The van der Waals surface area contributed by atoms with Crippen molar-refractivity contribution >= 4 is 5.97 Å². The van der Waals surface area contributed by atoms with E-state index >= 15 is 0 Å². The Kier molecular flexibility index (Phi) is 1.47. The summed E-state index contributed by atoms with van der Waals surface area (Å²) in [5.41, 5.74) is 4.71. The number of aliphatic carboxylic acids is 1. The number of carboxylic acids is 1. The molecule has 0 aromatic carbocycles. The summed E-state index contributed by atoms with van der Waals surface area (Å²) in [6, 6.07) is 0. The normalized spacial score (nSPS) is 45.1. The number of carboxylic acid groups (broad SMARTS) is 1. The summed E-state index contributed by atoms with van der Waals surface area (Å²) in [5, 5.41) is 8.99. The zero-order valence-electron chi connectivity index (χ0n) is 6.88. The third-order valence-electron chi connectivity index (χ3n) is 3.39. The van der Waals surface area contributed by atoms with Gasteiger partial charge in [0.25, 0.3) is 0 Å². The molecule has 2 aliphatic rings. The molecule has 4 heteroatoms. The molecule has 2 rings (SSSR count). The maximum Gasteiger partial charge on any atom is 0.311 e. The molecule has 1 spiro atoms. The fourth-order valence-corrected chi connectivity index (χ4v) is 2.34. The highest BCUT2D eigenvalue weighted by molar-refractivity contribution is 5.80. The minimum absolute atomic E-state index is 0.117. The van der Waals surface area contributed by atoms with Gasteiger partial charge in [-0.15, -0.1) is 0 Å². The van der Waals surface area contributed by atoms with Crippen LogP contribution in [0.2, 0.25) is 0 Å². The fourth-order valence-electron chi connectivity index (χ4n) is 2.34. The summed E-state index contributed by atoms with van der Waals surface area (Å²) in [6.07, 6.45) is 1.56. The van der Waals surface area contributed by atoms with Gasteiger partial charge in [-0.2, -0.15) is 0 Å². The van der Waals surface area contributed by atoms with Gasteiger partial charge in [0.1, 0.15) is 0 Å². The van der Waals surface area contributed by atoms with Crippen LogP contribution in [0.5, 0.6) is 0 Å². The molecule has 0 aromatic heterocycles. The Morgan fingerprint density at radius 2 is 2.42 bits per heavy atom. The predicted molar refractivity (Wildman–Crippen MR) is 41.6 cm³/mol. The Hall–Kier alpha value is -0.610. The van der Waals surface area contributed by atoms with Crippen LogP contribution in [0.15, 0.2) is 0 Å². The number of hydrogen-bond acceptors (Lipinski definition) is 3. The van der Waals surface area contributed by atoms with Crippen LogP contribution in [0, 0.1) is 10.8 Å². The van der Waals surface area contributed by atoms with E-state index in [4.69, 9.17) is 15.6 Å². The van der Waals surface area contributed by atoms with Gasteiger partial charge in [0, 0.05) is 18.6 Å². The van der Waals surface area contributed by atoms with E-state index in [2.05, 4.69) is 0 Å². The smallest absolute Gasteiger partial charge is 0.311 e. The van der Waals surface area contributed by atoms with Crippen LogP contribution in [0.25, 0.3) is 0 Å². The average Bonchev–Trinajstić information content (AvgIpc) is 2.40. The molecule has 1 saturated carbocycles. The Bertz CT molecular complexity index is 222. The van der Waals surface area contributed by atoms with Gasteiger partial charge in [0.2, 0.25) is 0 Å². The van der Waals surface area contributed by atoms with Crippen LogP contribution < -0.4 is 5.73 Å². The molecule has 1 heterocycles. The van der Waals surface area contributed by atoms with Crippen molar-refractivity contribution < 1.29 is 14.6 Å². The van der Waals surface area contributed by atoms with Crippen molar-refractivity contribution in [3.05, 3.63) is 0 Å². The number of carbonyl (C=O) groups is 1. The van der Waals surface area contributed by atoms with Crippen molar-refractivity contribution in [2.24, 2.45) is 16.6 Å². The molecule has 0 bridgehead atoms. The molecule has 0 radical (unpaired) electrons. The third-order valence-corrected chi connectivity index (χ3v) is 3.39. The topological polar surface area (TPSA) is 72.6 Å². The molecule has 0 unspecified atom stereocenters. The van der Waals surface area contributed by atoms with E-state index in [0.717, 1.165) is 6.42 Å². The second-order valence-electron chi connectivity index (χ2n) is 3.85. The van der Waals surface area contributed by atoms with Crippen molar-refractivity contribution in [1.82, 2.24) is 0 Å². The van der Waals surface area contributed by atoms with E-state index < -0.39 is 11.4 Å². The quantitative estimate of drug-likeness (QED) is 0.605. The van der Waals surface area contributed by atoms with Gasteiger partial charge in [-0.25, -0.2) is 0 Å². The van der Waals surface area contributed by atoms with E-state index in [1.165, 1.54) is 0 Å². The molecule has 2 atom stereocenters. The Labute approximate surface area is 70.7 Å². The maximum atomic E-state index is 10.9. The molecule has 1 aliphatic carbocycles. The lowest BCUT2D eigenvalue weighted by atomic mass is 9.92. The summed E-state index contributed by atoms with van der Waals surface area (Å²) in [7, 11) is 0. The minimum atomic E-state index is -0.754. The second kappa shape index (κ2) is 2.20. The van der Waals surface area contributed by atoms with Crippen molar-refractivity contribution in [3.63, 3.8) is 0 Å². The van der Waals surface area contributed by atoms with Gasteiger partial charge in [-0.1, -0.05) is 0 Å². The molecular formula is C8H13NO3. The first-order valence-electron chi connectivity index (χ1n) is 4.18. The van der Waals surface area contributed by atoms with Crippen LogP contribution in [-0.2, 0) is 9.53 Å². The fraction of sp³-hybridized carbons (Fsp3) is 0.875. The summed E-state index contributed by atoms with van der Waals surface area (Å²) >= 11 is 0. The van der Waals surface area contributed by atoms with Gasteiger partial charge < -0.3 is 15.6 Å². The average molecular weight is 171 g/mol. The molecular weight excluding hydrogens is 158 g/mol. The maximum absolute atomic E-state index is 10.9. The van der Waals surface area contributed by atoms with Crippen LogP contribution in [0.3, 0.4) is 0 Å². The van der Waals surface area contributed by atoms with E-state index in [1.807, 2.05) is 0 Å². The summed E-state index contributed by atoms with van der Waals surface area (Å²) in [5.74, 6) is -0.754. The Morgan fingerprint density at radius 3 is 2.75 bits per heavy atom. The molecule has 0 aromatic rings. The monoisotopic (exact) mass is 171 g/mol. The van der Waals surface area contributed by atoms with Gasteiger partial charge >= 0.3 is 5.97 Å². The predicted octanol–water partition coefficient (Wildman–Crippen LogP) is -0.174. The zero-order chi connectivity index (χ0) is 8.82. The van der Waals surface area contributed by atoms with Gasteiger partial charge in [0.05, 0.1) is 12.0 Å². The zero-order valence-corrected chi connectivity index (χ0v) is 6.88. The summed E-state index contributed by atoms with van der Waals surface area (Å²) in [6.45, 7) is 1.51. The molecule has 68 valence electrons. The molecule has 1 saturated heterocycles. The Balaban J connectivity index is 2.20. The van der Waals surface area contributed by atoms with Crippen LogP contribution >= 0.6 is 0 Å².